The number of carbonyl (C=O) groups excluding carboxylic acids is 1. The lowest BCUT2D eigenvalue weighted by atomic mass is 10.2. The van der Waals surface area contributed by atoms with E-state index < -0.39 is 17.9 Å². The standard InChI is InChI=1S/C10H10F4N2O/c11-7-2-1-3-8(6-7)16(5-4-15)9(17)10(12,13)14/h1-3,6H,4-5,15H2. The number of alkyl halides is 3. The van der Waals surface area contributed by atoms with Gasteiger partial charge in [0.05, 0.1) is 0 Å². The molecule has 0 radical (unpaired) electrons. The van der Waals surface area contributed by atoms with E-state index >= 15 is 0 Å². The van der Waals surface area contributed by atoms with Gasteiger partial charge >= 0.3 is 12.1 Å². The van der Waals surface area contributed by atoms with Crippen molar-refractivity contribution >= 4 is 11.6 Å². The van der Waals surface area contributed by atoms with Gasteiger partial charge in [-0.2, -0.15) is 13.2 Å². The van der Waals surface area contributed by atoms with E-state index in [1.54, 1.807) is 0 Å². The van der Waals surface area contributed by atoms with Crippen LogP contribution >= 0.6 is 0 Å². The maximum absolute atomic E-state index is 12.9. The molecule has 0 aliphatic heterocycles. The van der Waals surface area contributed by atoms with E-state index in [1.165, 1.54) is 12.1 Å². The third-order valence-corrected chi connectivity index (χ3v) is 1.96. The van der Waals surface area contributed by atoms with Crippen molar-refractivity contribution < 1.29 is 22.4 Å². The molecular weight excluding hydrogens is 240 g/mol. The van der Waals surface area contributed by atoms with Crippen molar-refractivity contribution in [3.05, 3.63) is 30.1 Å². The smallest absolute Gasteiger partial charge is 0.329 e. The Balaban J connectivity index is 3.05. The van der Waals surface area contributed by atoms with Crippen molar-refractivity contribution in [2.24, 2.45) is 5.73 Å². The molecule has 2 N–H and O–H groups in total. The van der Waals surface area contributed by atoms with Crippen LogP contribution in [0.5, 0.6) is 0 Å². The summed E-state index contributed by atoms with van der Waals surface area (Å²) in [6, 6.07) is 4.35. The lowest BCUT2D eigenvalue weighted by Crippen LogP contribution is -2.43. The normalized spacial score (nSPS) is 11.4. The van der Waals surface area contributed by atoms with Crippen LogP contribution in [0.15, 0.2) is 24.3 Å². The minimum atomic E-state index is -5.01. The zero-order chi connectivity index (χ0) is 13.1. The zero-order valence-corrected chi connectivity index (χ0v) is 8.67. The van der Waals surface area contributed by atoms with E-state index in [0.717, 1.165) is 12.1 Å². The fourth-order valence-corrected chi connectivity index (χ4v) is 1.27. The summed E-state index contributed by atoms with van der Waals surface area (Å²) in [5, 5.41) is 0. The van der Waals surface area contributed by atoms with Gasteiger partial charge in [0.2, 0.25) is 0 Å². The number of rotatable bonds is 3. The number of carbonyl (C=O) groups is 1. The highest BCUT2D eigenvalue weighted by Crippen LogP contribution is 2.23. The molecule has 0 aliphatic rings. The first kappa shape index (κ1) is 13.4. The lowest BCUT2D eigenvalue weighted by Gasteiger charge is -2.23. The predicted molar refractivity (Wildman–Crippen MR) is 53.9 cm³/mol. The summed E-state index contributed by atoms with van der Waals surface area (Å²) in [5.74, 6) is -2.78. The minimum absolute atomic E-state index is 0.154. The molecule has 7 heteroatoms. The highest BCUT2D eigenvalue weighted by Gasteiger charge is 2.42. The predicted octanol–water partition coefficient (Wildman–Crippen LogP) is 1.68. The van der Waals surface area contributed by atoms with Gasteiger partial charge < -0.3 is 10.6 Å². The van der Waals surface area contributed by atoms with Gasteiger partial charge in [-0.1, -0.05) is 6.07 Å². The Labute approximate surface area is 94.8 Å². The van der Waals surface area contributed by atoms with Crippen LogP contribution < -0.4 is 10.6 Å². The largest absolute Gasteiger partial charge is 0.471 e. The van der Waals surface area contributed by atoms with E-state index in [-0.39, 0.29) is 18.8 Å². The van der Waals surface area contributed by atoms with Crippen molar-refractivity contribution in [3.8, 4) is 0 Å². The van der Waals surface area contributed by atoms with Crippen LogP contribution in [-0.2, 0) is 4.79 Å². The van der Waals surface area contributed by atoms with Crippen LogP contribution in [0, 0.1) is 5.82 Å². The number of halogens is 4. The molecule has 0 spiro atoms. The van der Waals surface area contributed by atoms with Crippen LogP contribution in [-0.4, -0.2) is 25.2 Å². The van der Waals surface area contributed by atoms with Crippen LogP contribution in [0.3, 0.4) is 0 Å². The highest BCUT2D eigenvalue weighted by molar-refractivity contribution is 5.97. The Morgan fingerprint density at radius 1 is 1.35 bits per heavy atom. The molecule has 0 atom stereocenters. The number of anilines is 1. The average Bonchev–Trinajstić information content (AvgIpc) is 2.23. The summed E-state index contributed by atoms with van der Waals surface area (Å²) >= 11 is 0. The second-order valence-corrected chi connectivity index (χ2v) is 3.22. The number of nitrogens with two attached hydrogens (primary N) is 1. The second kappa shape index (κ2) is 5.13. The molecule has 1 aromatic carbocycles. The maximum atomic E-state index is 12.9. The molecule has 1 aromatic rings. The third kappa shape index (κ3) is 3.42. The van der Waals surface area contributed by atoms with Crippen LogP contribution in [0.25, 0.3) is 0 Å². The molecule has 94 valence electrons. The number of benzene rings is 1. The van der Waals surface area contributed by atoms with E-state index in [0.29, 0.717) is 4.90 Å². The van der Waals surface area contributed by atoms with Gasteiger partial charge in [-0.15, -0.1) is 0 Å². The Kier molecular flexibility index (Phi) is 4.06. The van der Waals surface area contributed by atoms with E-state index in [4.69, 9.17) is 5.73 Å². The van der Waals surface area contributed by atoms with Gasteiger partial charge in [-0.05, 0) is 18.2 Å². The first-order valence-electron chi connectivity index (χ1n) is 4.70. The summed E-state index contributed by atoms with van der Waals surface area (Å²) in [6.07, 6.45) is -5.01. The molecule has 0 bridgehead atoms. The van der Waals surface area contributed by atoms with E-state index in [2.05, 4.69) is 0 Å². The maximum Gasteiger partial charge on any atom is 0.471 e. The first-order chi connectivity index (χ1) is 7.86. The minimum Gasteiger partial charge on any atom is -0.329 e. The number of amides is 1. The second-order valence-electron chi connectivity index (χ2n) is 3.22. The van der Waals surface area contributed by atoms with Crippen LogP contribution in [0.2, 0.25) is 0 Å². The van der Waals surface area contributed by atoms with E-state index in [1.807, 2.05) is 0 Å². The van der Waals surface area contributed by atoms with Crippen molar-refractivity contribution in [1.29, 1.82) is 0 Å². The topological polar surface area (TPSA) is 46.3 Å². The Hall–Kier alpha value is -1.63. The quantitative estimate of drug-likeness (QED) is 0.829. The number of hydrogen-bond donors (Lipinski definition) is 1. The zero-order valence-electron chi connectivity index (χ0n) is 8.67. The highest BCUT2D eigenvalue weighted by atomic mass is 19.4. The third-order valence-electron chi connectivity index (χ3n) is 1.96. The van der Waals surface area contributed by atoms with Crippen molar-refractivity contribution in [2.75, 3.05) is 18.0 Å². The van der Waals surface area contributed by atoms with E-state index in [9.17, 15) is 22.4 Å². The summed E-state index contributed by atoms with van der Waals surface area (Å²) in [4.78, 5) is 11.5. The molecule has 3 nitrogen and oxygen atoms in total. The fourth-order valence-electron chi connectivity index (χ4n) is 1.27. The van der Waals surface area contributed by atoms with Gasteiger partial charge in [0.15, 0.2) is 0 Å². The monoisotopic (exact) mass is 250 g/mol. The van der Waals surface area contributed by atoms with Gasteiger partial charge in [0, 0.05) is 18.8 Å². The number of hydrogen-bond acceptors (Lipinski definition) is 2. The summed E-state index contributed by atoms with van der Waals surface area (Å²) in [7, 11) is 0. The molecular formula is C10H10F4N2O. The Bertz CT molecular complexity index is 406. The van der Waals surface area contributed by atoms with Gasteiger partial charge in [0.1, 0.15) is 5.82 Å². The van der Waals surface area contributed by atoms with Crippen molar-refractivity contribution in [2.45, 2.75) is 6.18 Å². The summed E-state index contributed by atoms with van der Waals surface area (Å²) in [5.41, 5.74) is 4.96. The van der Waals surface area contributed by atoms with Crippen LogP contribution in [0.4, 0.5) is 23.2 Å². The average molecular weight is 250 g/mol. The molecule has 0 aromatic heterocycles. The molecule has 1 rings (SSSR count). The molecule has 0 unspecified atom stereocenters. The summed E-state index contributed by atoms with van der Waals surface area (Å²) < 4.78 is 49.7. The SMILES string of the molecule is NCCN(C(=O)C(F)(F)F)c1cccc(F)c1. The fraction of sp³-hybridized carbons (Fsp3) is 0.300. The lowest BCUT2D eigenvalue weighted by molar-refractivity contribution is -0.170. The summed E-state index contributed by atoms with van der Waals surface area (Å²) in [6.45, 7) is -0.486. The van der Waals surface area contributed by atoms with Gasteiger partial charge in [-0.3, -0.25) is 4.79 Å². The molecule has 1 amide bonds. The molecule has 0 aliphatic carbocycles. The first-order valence-corrected chi connectivity index (χ1v) is 4.70. The molecule has 17 heavy (non-hydrogen) atoms. The molecule has 0 fully saturated rings. The molecule has 0 heterocycles. The van der Waals surface area contributed by atoms with Crippen molar-refractivity contribution in [3.63, 3.8) is 0 Å². The van der Waals surface area contributed by atoms with Crippen LogP contribution in [0.1, 0.15) is 0 Å². The van der Waals surface area contributed by atoms with Gasteiger partial charge in [-0.25, -0.2) is 4.39 Å². The molecule has 0 saturated heterocycles. The van der Waals surface area contributed by atoms with Gasteiger partial charge in [0.25, 0.3) is 0 Å². The van der Waals surface area contributed by atoms with Crippen molar-refractivity contribution in [1.82, 2.24) is 0 Å². The Morgan fingerprint density at radius 3 is 2.47 bits per heavy atom. The number of nitrogens with zero attached hydrogens (tertiary/aromatic N) is 1. The molecule has 0 saturated carbocycles. The Morgan fingerprint density at radius 2 is 2.00 bits per heavy atom.